The zero-order valence-electron chi connectivity index (χ0n) is 17.6. The zero-order valence-corrected chi connectivity index (χ0v) is 17.6. The number of rotatable bonds is 10. The highest BCUT2D eigenvalue weighted by Gasteiger charge is 2.06. The van der Waals surface area contributed by atoms with Crippen LogP contribution in [0.1, 0.15) is 44.2 Å². The fourth-order valence-electron chi connectivity index (χ4n) is 3.41. The maximum Gasteiger partial charge on any atom is 0.243 e. The van der Waals surface area contributed by atoms with Crippen molar-refractivity contribution in [2.75, 3.05) is 10.6 Å². The summed E-state index contributed by atoms with van der Waals surface area (Å²) >= 11 is 0. The van der Waals surface area contributed by atoms with E-state index >= 15 is 0 Å². The van der Waals surface area contributed by atoms with Gasteiger partial charge in [0.15, 0.2) is 0 Å². The largest absolute Gasteiger partial charge is 0.355 e. The van der Waals surface area contributed by atoms with Gasteiger partial charge in [-0.05, 0) is 56.2 Å². The van der Waals surface area contributed by atoms with Gasteiger partial charge >= 0.3 is 0 Å². The molecule has 3 aromatic rings. The molecule has 0 radical (unpaired) electrons. The third-order valence-electron chi connectivity index (χ3n) is 4.97. The Bertz CT molecular complexity index is 1030. The Labute approximate surface area is 181 Å². The Morgan fingerprint density at radius 1 is 0.871 bits per heavy atom. The number of nitrogens with one attached hydrogen (secondary N) is 3. The number of carbonyl (C=O) groups excluding carboxylic acids is 2. The molecule has 2 aromatic carbocycles. The topological polar surface area (TPSA) is 103 Å². The second-order valence-electron chi connectivity index (χ2n) is 7.53. The van der Waals surface area contributed by atoms with E-state index in [0.29, 0.717) is 19.3 Å². The van der Waals surface area contributed by atoms with Crippen LogP contribution in [-0.2, 0) is 9.59 Å². The smallest absolute Gasteiger partial charge is 0.243 e. The Morgan fingerprint density at radius 2 is 1.52 bits per heavy atom. The van der Waals surface area contributed by atoms with E-state index in [4.69, 9.17) is 5.21 Å². The van der Waals surface area contributed by atoms with Gasteiger partial charge in [0.1, 0.15) is 0 Å². The summed E-state index contributed by atoms with van der Waals surface area (Å²) in [6.07, 6.45) is 3.93. The molecule has 0 fully saturated rings. The normalized spacial score (nSPS) is 10.6. The Morgan fingerprint density at radius 3 is 2.23 bits per heavy atom. The number of pyridine rings is 1. The lowest BCUT2D eigenvalue weighted by Crippen LogP contribution is -2.17. The number of aryl methyl sites for hydroxylation is 1. The number of fused-ring (bicyclic) bond motifs is 1. The van der Waals surface area contributed by atoms with E-state index in [0.717, 1.165) is 52.9 Å². The van der Waals surface area contributed by atoms with Gasteiger partial charge in [0.25, 0.3) is 0 Å². The van der Waals surface area contributed by atoms with Crippen LogP contribution < -0.4 is 16.1 Å². The number of hydrogen-bond acceptors (Lipinski definition) is 5. The number of hydroxylamine groups is 1. The van der Waals surface area contributed by atoms with Crippen molar-refractivity contribution in [3.63, 3.8) is 0 Å². The highest BCUT2D eigenvalue weighted by molar-refractivity contribution is 5.94. The lowest BCUT2D eigenvalue weighted by molar-refractivity contribution is -0.129. The molecule has 1 heterocycles. The van der Waals surface area contributed by atoms with E-state index in [1.54, 1.807) is 5.48 Å². The quantitative estimate of drug-likeness (QED) is 0.208. The van der Waals surface area contributed by atoms with Crippen LogP contribution in [0.25, 0.3) is 10.9 Å². The van der Waals surface area contributed by atoms with Crippen LogP contribution >= 0.6 is 0 Å². The molecule has 0 unspecified atom stereocenters. The van der Waals surface area contributed by atoms with Gasteiger partial charge in [-0.15, -0.1) is 0 Å². The first-order valence-electron chi connectivity index (χ1n) is 10.5. The lowest BCUT2D eigenvalue weighted by atomic mass is 10.1. The molecule has 31 heavy (non-hydrogen) atoms. The molecule has 0 spiro atoms. The van der Waals surface area contributed by atoms with Gasteiger partial charge in [-0.25, -0.2) is 5.48 Å². The molecule has 0 saturated heterocycles. The van der Waals surface area contributed by atoms with Crippen LogP contribution in [0.3, 0.4) is 0 Å². The number of benzene rings is 2. The van der Waals surface area contributed by atoms with Crippen molar-refractivity contribution in [2.45, 2.75) is 45.4 Å². The van der Waals surface area contributed by atoms with Gasteiger partial charge in [0.05, 0.1) is 5.52 Å². The molecule has 0 bridgehead atoms. The minimum atomic E-state index is -0.372. The van der Waals surface area contributed by atoms with Gasteiger partial charge in [-0.3, -0.25) is 19.8 Å². The number of para-hydroxylation sites is 1. The van der Waals surface area contributed by atoms with Crippen LogP contribution in [0.5, 0.6) is 0 Å². The minimum absolute atomic E-state index is 0.0236. The Kier molecular flexibility index (Phi) is 7.95. The highest BCUT2D eigenvalue weighted by atomic mass is 16.5. The van der Waals surface area contributed by atoms with Crippen molar-refractivity contribution in [1.82, 2.24) is 10.5 Å². The summed E-state index contributed by atoms with van der Waals surface area (Å²) in [6, 6.07) is 17.7. The molecular formula is C24H28N4O3. The maximum absolute atomic E-state index is 12.1. The van der Waals surface area contributed by atoms with Crippen molar-refractivity contribution in [3.05, 3.63) is 60.3 Å². The van der Waals surface area contributed by atoms with E-state index in [9.17, 15) is 9.59 Å². The number of unbranched alkanes of at least 4 members (excludes halogenated alkanes) is 3. The van der Waals surface area contributed by atoms with E-state index in [-0.39, 0.29) is 11.8 Å². The van der Waals surface area contributed by atoms with Crippen molar-refractivity contribution in [1.29, 1.82) is 0 Å². The monoisotopic (exact) mass is 420 g/mol. The lowest BCUT2D eigenvalue weighted by Gasteiger charge is -2.12. The van der Waals surface area contributed by atoms with Gasteiger partial charge in [-0.2, -0.15) is 0 Å². The maximum atomic E-state index is 12.1. The van der Waals surface area contributed by atoms with E-state index in [2.05, 4.69) is 15.6 Å². The molecule has 7 heteroatoms. The summed E-state index contributed by atoms with van der Waals surface area (Å²) in [6.45, 7) is 1.97. The second-order valence-corrected chi connectivity index (χ2v) is 7.53. The van der Waals surface area contributed by atoms with Crippen molar-refractivity contribution in [3.8, 4) is 0 Å². The number of aromatic nitrogens is 1. The summed E-state index contributed by atoms with van der Waals surface area (Å²) in [4.78, 5) is 27.6. The summed E-state index contributed by atoms with van der Waals surface area (Å²) in [5, 5.41) is 15.8. The van der Waals surface area contributed by atoms with Crippen LogP contribution in [-0.4, -0.2) is 22.0 Å². The first-order valence-corrected chi connectivity index (χ1v) is 10.5. The summed E-state index contributed by atoms with van der Waals surface area (Å²) in [5.74, 6) is -0.396. The summed E-state index contributed by atoms with van der Waals surface area (Å²) in [7, 11) is 0. The van der Waals surface area contributed by atoms with E-state index in [1.165, 1.54) is 0 Å². The zero-order chi connectivity index (χ0) is 22.1. The Hall–Kier alpha value is -3.45. The second kappa shape index (κ2) is 11.1. The van der Waals surface area contributed by atoms with Gasteiger partial charge < -0.3 is 10.6 Å². The van der Waals surface area contributed by atoms with Gasteiger partial charge in [-0.1, -0.05) is 31.0 Å². The third-order valence-corrected chi connectivity index (χ3v) is 4.97. The average molecular weight is 421 g/mol. The molecule has 0 aliphatic carbocycles. The van der Waals surface area contributed by atoms with E-state index in [1.807, 2.05) is 61.5 Å². The molecule has 3 rings (SSSR count). The van der Waals surface area contributed by atoms with Crippen molar-refractivity contribution < 1.29 is 14.8 Å². The predicted molar refractivity (Wildman–Crippen MR) is 122 cm³/mol. The summed E-state index contributed by atoms with van der Waals surface area (Å²) < 4.78 is 0. The van der Waals surface area contributed by atoms with Gasteiger partial charge in [0, 0.05) is 41.0 Å². The third kappa shape index (κ3) is 6.79. The fraction of sp³-hybridized carbons (Fsp3) is 0.292. The standard InChI is InChI=1S/C24H28N4O3/c1-17-16-22(20-8-6-7-9-21(20)25-17)26-18-12-14-19(15-13-18)27-23(29)10-4-2-3-5-11-24(30)28-31/h6-9,12-16,31H,2-5,10-11H2,1H3,(H,25,26)(H,27,29)(H,28,30). The molecule has 162 valence electrons. The van der Waals surface area contributed by atoms with Crippen LogP contribution in [0.2, 0.25) is 0 Å². The molecule has 1 aromatic heterocycles. The SMILES string of the molecule is Cc1cc(Nc2ccc(NC(=O)CCCCCCC(=O)NO)cc2)c2ccccc2n1. The minimum Gasteiger partial charge on any atom is -0.355 e. The molecule has 0 saturated carbocycles. The molecule has 7 nitrogen and oxygen atoms in total. The van der Waals surface area contributed by atoms with Crippen molar-refractivity contribution >= 4 is 39.8 Å². The van der Waals surface area contributed by atoms with Crippen LogP contribution in [0, 0.1) is 6.92 Å². The fourth-order valence-corrected chi connectivity index (χ4v) is 3.41. The highest BCUT2D eigenvalue weighted by Crippen LogP contribution is 2.27. The molecule has 0 atom stereocenters. The van der Waals surface area contributed by atoms with Gasteiger partial charge in [0.2, 0.25) is 11.8 Å². The molecule has 0 aliphatic rings. The number of amides is 2. The first kappa shape index (κ1) is 22.2. The van der Waals surface area contributed by atoms with Crippen LogP contribution in [0.15, 0.2) is 54.6 Å². The molecular weight excluding hydrogens is 392 g/mol. The molecule has 4 N–H and O–H groups in total. The Balaban J connectivity index is 1.47. The summed E-state index contributed by atoms with van der Waals surface area (Å²) in [5.41, 5.74) is 6.20. The molecule has 0 aliphatic heterocycles. The number of hydrogen-bond donors (Lipinski definition) is 4. The number of nitrogens with zero attached hydrogens (tertiary/aromatic N) is 1. The number of carbonyl (C=O) groups is 2. The van der Waals surface area contributed by atoms with Crippen molar-refractivity contribution in [2.24, 2.45) is 0 Å². The first-order chi connectivity index (χ1) is 15.0. The molecule has 2 amide bonds. The van der Waals surface area contributed by atoms with Crippen LogP contribution in [0.4, 0.5) is 17.1 Å². The average Bonchev–Trinajstić information content (AvgIpc) is 2.77. The van der Waals surface area contributed by atoms with E-state index < -0.39 is 0 Å². The number of anilines is 3. The predicted octanol–water partition coefficient (Wildman–Crippen LogP) is 5.07.